The zero-order valence-electron chi connectivity index (χ0n) is 20.5. The molecule has 0 unspecified atom stereocenters. The summed E-state index contributed by atoms with van der Waals surface area (Å²) in [4.78, 5) is 22.1. The lowest BCUT2D eigenvalue weighted by Gasteiger charge is -2.28. The molecule has 0 amide bonds. The molecule has 1 fully saturated rings. The number of ether oxygens (including phenoxy) is 1. The molecular weight excluding hydrogens is 480 g/mol. The van der Waals surface area contributed by atoms with Gasteiger partial charge in [-0.3, -0.25) is 10.2 Å². The summed E-state index contributed by atoms with van der Waals surface area (Å²) in [6.45, 7) is 10.00. The second-order valence-corrected chi connectivity index (χ2v) is 9.99. The number of carbonyl (C=O) groups excluding carboxylic acids is 1. The Kier molecular flexibility index (Phi) is 7.22. The summed E-state index contributed by atoms with van der Waals surface area (Å²) in [5.41, 5.74) is 5.26. The average Bonchev–Trinajstić information content (AvgIpc) is 3.57. The van der Waals surface area contributed by atoms with Crippen molar-refractivity contribution in [2.75, 3.05) is 32.1 Å². The van der Waals surface area contributed by atoms with Crippen LogP contribution in [0.25, 0.3) is 0 Å². The molecule has 0 atom stereocenters. The van der Waals surface area contributed by atoms with Gasteiger partial charge in [-0.15, -0.1) is 17.0 Å². The molecule has 178 valence electrons. The zero-order chi connectivity index (χ0) is 23.2. The van der Waals surface area contributed by atoms with Crippen LogP contribution < -0.4 is 9.64 Å². The Morgan fingerprint density at radius 1 is 1.27 bits per heavy atom. The van der Waals surface area contributed by atoms with Crippen LogP contribution in [0.5, 0.6) is 5.75 Å². The number of aromatic nitrogens is 1. The third-order valence-electron chi connectivity index (χ3n) is 6.52. The van der Waals surface area contributed by atoms with Gasteiger partial charge in [-0.2, -0.15) is 0 Å². The fraction of sp³-hybridized carbons (Fsp3) is 0.500. The number of hydrogen-bond acceptors (Lipinski definition) is 5. The predicted molar refractivity (Wildman–Crippen MR) is 139 cm³/mol. The number of benzene rings is 1. The molecule has 4 rings (SSSR count). The van der Waals surface area contributed by atoms with Crippen LogP contribution in [-0.2, 0) is 12.0 Å². The first-order chi connectivity index (χ1) is 15.1. The molecule has 2 aliphatic rings. The van der Waals surface area contributed by atoms with Crippen LogP contribution in [0.15, 0.2) is 24.3 Å². The number of nitrogens with zero attached hydrogens (tertiary/aromatic N) is 3. The number of fused-ring (bicyclic) bond motifs is 1. The highest BCUT2D eigenvalue weighted by Gasteiger charge is 2.32. The monoisotopic (exact) mass is 514 g/mol. The molecule has 2 aromatic rings. The molecule has 0 bridgehead atoms. The Hall–Kier alpha value is -2.41. The van der Waals surface area contributed by atoms with Gasteiger partial charge in [0.1, 0.15) is 17.3 Å². The van der Waals surface area contributed by atoms with Crippen molar-refractivity contribution in [2.45, 2.75) is 58.4 Å². The van der Waals surface area contributed by atoms with Gasteiger partial charge < -0.3 is 14.5 Å². The van der Waals surface area contributed by atoms with Gasteiger partial charge >= 0.3 is 0 Å². The summed E-state index contributed by atoms with van der Waals surface area (Å²) in [5, 5.41) is 8.63. The van der Waals surface area contributed by atoms with Crippen LogP contribution in [0.4, 0.5) is 5.69 Å². The molecule has 1 aromatic carbocycles. The molecule has 6 nitrogen and oxygen atoms in total. The van der Waals surface area contributed by atoms with Crippen LogP contribution in [0, 0.1) is 5.41 Å². The van der Waals surface area contributed by atoms with E-state index in [-0.39, 0.29) is 34.7 Å². The number of carbonyl (C=O) groups is 1. The van der Waals surface area contributed by atoms with E-state index in [9.17, 15) is 4.79 Å². The Labute approximate surface area is 207 Å². The quantitative estimate of drug-likeness (QED) is 0.506. The van der Waals surface area contributed by atoms with Crippen molar-refractivity contribution < 1.29 is 9.53 Å². The number of hydrogen-bond donors (Lipinski definition) is 1. The molecule has 7 heteroatoms. The third-order valence-corrected chi connectivity index (χ3v) is 6.52. The van der Waals surface area contributed by atoms with E-state index >= 15 is 0 Å². The first-order valence-electron chi connectivity index (χ1n) is 11.4. The lowest BCUT2D eigenvalue weighted by molar-refractivity contribution is 0.0962. The van der Waals surface area contributed by atoms with Gasteiger partial charge in [-0.05, 0) is 43.4 Å². The van der Waals surface area contributed by atoms with E-state index in [1.807, 2.05) is 24.1 Å². The molecule has 0 saturated heterocycles. The maximum atomic E-state index is 13.4. The first kappa shape index (κ1) is 25.2. The van der Waals surface area contributed by atoms with E-state index in [0.29, 0.717) is 23.9 Å². The number of ketones is 1. The van der Waals surface area contributed by atoms with Crippen molar-refractivity contribution in [3.05, 3.63) is 52.3 Å². The highest BCUT2D eigenvalue weighted by molar-refractivity contribution is 8.93. The van der Waals surface area contributed by atoms with Crippen molar-refractivity contribution in [2.24, 2.45) is 0 Å². The van der Waals surface area contributed by atoms with E-state index in [2.05, 4.69) is 44.7 Å². The summed E-state index contributed by atoms with van der Waals surface area (Å²) in [6, 6.07) is 8.05. The van der Waals surface area contributed by atoms with E-state index < -0.39 is 0 Å². The highest BCUT2D eigenvalue weighted by atomic mass is 79.9. The molecule has 1 aliphatic heterocycles. The lowest BCUT2D eigenvalue weighted by atomic mass is 9.84. The summed E-state index contributed by atoms with van der Waals surface area (Å²) in [7, 11) is 3.69. The van der Waals surface area contributed by atoms with Crippen LogP contribution in [0.1, 0.15) is 79.3 Å². The van der Waals surface area contributed by atoms with Crippen LogP contribution in [0.3, 0.4) is 0 Å². The summed E-state index contributed by atoms with van der Waals surface area (Å²) >= 11 is 0. The minimum atomic E-state index is -0.176. The maximum Gasteiger partial charge on any atom is 0.182 e. The molecule has 1 aromatic heterocycles. The number of amidine groups is 1. The number of anilines is 1. The highest BCUT2D eigenvalue weighted by Crippen LogP contribution is 2.41. The Morgan fingerprint density at radius 3 is 2.55 bits per heavy atom. The number of methoxy groups -OCH3 is 1. The van der Waals surface area contributed by atoms with Gasteiger partial charge in [-0.1, -0.05) is 26.8 Å². The maximum absolute atomic E-state index is 13.4. The van der Waals surface area contributed by atoms with Gasteiger partial charge in [0.25, 0.3) is 0 Å². The fourth-order valence-corrected chi connectivity index (χ4v) is 4.28. The number of halogens is 1. The van der Waals surface area contributed by atoms with Crippen LogP contribution in [-0.4, -0.2) is 48.7 Å². The topological polar surface area (TPSA) is 69.5 Å². The van der Waals surface area contributed by atoms with Crippen molar-refractivity contribution in [1.29, 1.82) is 5.41 Å². The molecule has 2 heterocycles. The van der Waals surface area contributed by atoms with Crippen LogP contribution in [0.2, 0.25) is 0 Å². The standard InChI is InChI=1S/C26H34N4O2.BrH/c1-7-29(5)21-13-18(12-19(24(21)32-6)26(2,3)4)22(31)15-30-14-17-10-11-20(16-8-9-16)28-23(17)25(30)27;/h10-13,16,27H,7-9,14-15H2,1-6H3;1H. The predicted octanol–water partition coefficient (Wildman–Crippen LogP) is 5.32. The third kappa shape index (κ3) is 4.93. The Bertz CT molecular complexity index is 1070. The number of pyridine rings is 1. The number of rotatable bonds is 7. The molecule has 1 saturated carbocycles. The van der Waals surface area contributed by atoms with E-state index in [1.165, 1.54) is 12.8 Å². The summed E-state index contributed by atoms with van der Waals surface area (Å²) in [6.07, 6.45) is 2.37. The van der Waals surface area contributed by atoms with E-state index in [0.717, 1.165) is 40.5 Å². The zero-order valence-corrected chi connectivity index (χ0v) is 22.2. The Morgan fingerprint density at radius 2 is 1.97 bits per heavy atom. The van der Waals surface area contributed by atoms with Crippen molar-refractivity contribution in [3.8, 4) is 5.75 Å². The van der Waals surface area contributed by atoms with Gasteiger partial charge in [-0.25, -0.2) is 4.98 Å². The minimum Gasteiger partial charge on any atom is -0.494 e. The van der Waals surface area contributed by atoms with Gasteiger partial charge in [0, 0.05) is 48.4 Å². The van der Waals surface area contributed by atoms with Gasteiger partial charge in [0.15, 0.2) is 5.78 Å². The average molecular weight is 515 g/mol. The molecule has 33 heavy (non-hydrogen) atoms. The normalized spacial score (nSPS) is 15.2. The number of Topliss-reactive ketones (excluding diaryl/α,β-unsaturated/α-hetero) is 1. The van der Waals surface area contributed by atoms with Gasteiger partial charge in [0.05, 0.1) is 19.3 Å². The van der Waals surface area contributed by atoms with Gasteiger partial charge in [0.2, 0.25) is 0 Å². The van der Waals surface area contributed by atoms with Crippen molar-refractivity contribution in [1.82, 2.24) is 9.88 Å². The SMILES string of the molecule is Br.CCN(C)c1cc(C(=O)CN2Cc3ccc(C4CC4)nc3C2=N)cc(C(C)(C)C)c1OC. The molecule has 0 radical (unpaired) electrons. The second kappa shape index (κ2) is 9.45. The molecule has 0 spiro atoms. The smallest absolute Gasteiger partial charge is 0.182 e. The van der Waals surface area contributed by atoms with E-state index in [4.69, 9.17) is 15.1 Å². The van der Waals surface area contributed by atoms with E-state index in [1.54, 1.807) is 7.11 Å². The van der Waals surface area contributed by atoms with Crippen molar-refractivity contribution >= 4 is 34.3 Å². The fourth-order valence-electron chi connectivity index (χ4n) is 4.28. The van der Waals surface area contributed by atoms with Crippen LogP contribution >= 0.6 is 17.0 Å². The molecule has 1 aliphatic carbocycles. The largest absolute Gasteiger partial charge is 0.494 e. The number of nitrogens with one attached hydrogen (secondary N) is 1. The van der Waals surface area contributed by atoms with Crippen molar-refractivity contribution in [3.63, 3.8) is 0 Å². The Balaban J connectivity index is 0.00000306. The summed E-state index contributed by atoms with van der Waals surface area (Å²) in [5.74, 6) is 1.72. The summed E-state index contributed by atoms with van der Waals surface area (Å²) < 4.78 is 5.78. The molecular formula is C26H35BrN4O2. The first-order valence-corrected chi connectivity index (χ1v) is 11.4. The second-order valence-electron chi connectivity index (χ2n) is 9.99. The minimum absolute atomic E-state index is 0. The molecule has 1 N–H and O–H groups in total. The lowest BCUT2D eigenvalue weighted by Crippen LogP contribution is -2.31.